The Labute approximate surface area is 166 Å². The largest absolute Gasteiger partial charge is 0.495 e. The Hall–Kier alpha value is -2.96. The van der Waals surface area contributed by atoms with Gasteiger partial charge in [0.15, 0.2) is 12.4 Å². The molecule has 3 rings (SSSR count). The molecule has 0 aliphatic carbocycles. The number of benzene rings is 1. The normalized spacial score (nSPS) is 14.9. The first kappa shape index (κ1) is 20.8. The summed E-state index contributed by atoms with van der Waals surface area (Å²) in [5, 5.41) is 5.87. The molecule has 1 aliphatic rings. The summed E-state index contributed by atoms with van der Waals surface area (Å²) in [6, 6.07) is 5.31. The zero-order valence-electron chi connectivity index (χ0n) is 15.5. The van der Waals surface area contributed by atoms with Crippen LogP contribution >= 0.6 is 0 Å². The number of amides is 1. The zero-order chi connectivity index (χ0) is 20.9. The van der Waals surface area contributed by atoms with Crippen molar-refractivity contribution >= 4 is 27.7 Å². The topological polar surface area (TPSA) is 137 Å². The number of rotatable bonds is 7. The maximum Gasteiger partial charge on any atom is 0.338 e. The molecule has 1 N–H and O–H groups in total. The minimum Gasteiger partial charge on any atom is -0.495 e. The van der Waals surface area contributed by atoms with Crippen LogP contribution in [0.3, 0.4) is 0 Å². The Morgan fingerprint density at radius 3 is 2.66 bits per heavy atom. The SMILES string of the molecule is COc1ccc(C(=O)OCC(=O)Nc2ccon2)cc1S(=O)(=O)N1CCOCC1. The van der Waals surface area contributed by atoms with Gasteiger partial charge in [0.05, 0.1) is 25.9 Å². The maximum absolute atomic E-state index is 12.9. The first-order valence-electron chi connectivity index (χ1n) is 8.55. The van der Waals surface area contributed by atoms with Gasteiger partial charge in [-0.3, -0.25) is 4.79 Å². The lowest BCUT2D eigenvalue weighted by Gasteiger charge is -2.26. The first-order chi connectivity index (χ1) is 13.9. The van der Waals surface area contributed by atoms with Gasteiger partial charge in [-0.25, -0.2) is 13.2 Å². The Morgan fingerprint density at radius 1 is 1.24 bits per heavy atom. The summed E-state index contributed by atoms with van der Waals surface area (Å²) < 4.78 is 47.0. The third-order valence-electron chi connectivity index (χ3n) is 4.03. The van der Waals surface area contributed by atoms with E-state index in [1.54, 1.807) is 0 Å². The highest BCUT2D eigenvalue weighted by molar-refractivity contribution is 7.89. The fraction of sp³-hybridized carbons (Fsp3) is 0.353. The van der Waals surface area contributed by atoms with Crippen molar-refractivity contribution in [2.45, 2.75) is 4.90 Å². The van der Waals surface area contributed by atoms with E-state index in [0.717, 1.165) is 0 Å². The van der Waals surface area contributed by atoms with E-state index < -0.39 is 28.5 Å². The highest BCUT2D eigenvalue weighted by Gasteiger charge is 2.30. The molecule has 1 fully saturated rings. The van der Waals surface area contributed by atoms with E-state index in [1.807, 2.05) is 0 Å². The molecular formula is C17H19N3O8S. The number of hydrogen-bond acceptors (Lipinski definition) is 9. The molecule has 2 heterocycles. The van der Waals surface area contributed by atoms with Crippen LogP contribution in [-0.2, 0) is 24.3 Å². The van der Waals surface area contributed by atoms with E-state index in [2.05, 4.69) is 15.0 Å². The van der Waals surface area contributed by atoms with Gasteiger partial charge in [0.2, 0.25) is 10.0 Å². The van der Waals surface area contributed by atoms with E-state index in [-0.39, 0.29) is 48.3 Å². The Morgan fingerprint density at radius 2 is 2.00 bits per heavy atom. The number of methoxy groups -OCH3 is 1. The molecular weight excluding hydrogens is 406 g/mol. The first-order valence-corrected chi connectivity index (χ1v) is 9.99. The average Bonchev–Trinajstić information content (AvgIpc) is 3.25. The number of morpholine rings is 1. The lowest BCUT2D eigenvalue weighted by atomic mass is 10.2. The quantitative estimate of drug-likeness (QED) is 0.629. The Kier molecular flexibility index (Phi) is 6.46. The number of ether oxygens (including phenoxy) is 3. The van der Waals surface area contributed by atoms with Crippen molar-refractivity contribution < 1.29 is 36.7 Å². The van der Waals surface area contributed by atoms with Gasteiger partial charge in [-0.05, 0) is 18.2 Å². The van der Waals surface area contributed by atoms with Crippen LogP contribution in [0.2, 0.25) is 0 Å². The standard InChI is InChI=1S/C17H19N3O8S/c1-25-13-3-2-12(10-14(13)29(23,24)20-5-8-26-9-6-20)17(22)27-11-16(21)18-15-4-7-28-19-15/h2-4,7,10H,5-6,8-9,11H2,1H3,(H,18,19,21). The number of nitrogens with one attached hydrogen (secondary N) is 1. The molecule has 2 aromatic rings. The number of carbonyl (C=O) groups excluding carboxylic acids is 2. The molecule has 0 spiro atoms. The third kappa shape index (κ3) is 4.91. The summed E-state index contributed by atoms with van der Waals surface area (Å²) in [4.78, 5) is 23.9. The molecule has 11 nitrogen and oxygen atoms in total. The maximum atomic E-state index is 12.9. The predicted octanol–water partition coefficient (Wildman–Crippen LogP) is 0.500. The van der Waals surface area contributed by atoms with Gasteiger partial charge in [0.1, 0.15) is 16.9 Å². The van der Waals surface area contributed by atoms with Crippen molar-refractivity contribution in [3.05, 3.63) is 36.1 Å². The van der Waals surface area contributed by atoms with Crippen molar-refractivity contribution in [3.63, 3.8) is 0 Å². The smallest absolute Gasteiger partial charge is 0.338 e. The zero-order valence-corrected chi connectivity index (χ0v) is 16.3. The second-order valence-electron chi connectivity index (χ2n) is 5.89. The molecule has 0 bridgehead atoms. The lowest BCUT2D eigenvalue weighted by molar-refractivity contribution is -0.119. The molecule has 1 aromatic carbocycles. The van der Waals surface area contributed by atoms with Crippen molar-refractivity contribution in [1.82, 2.24) is 9.46 Å². The number of esters is 1. The van der Waals surface area contributed by atoms with Crippen LogP contribution in [0.25, 0.3) is 0 Å². The predicted molar refractivity (Wildman–Crippen MR) is 98.0 cm³/mol. The third-order valence-corrected chi connectivity index (χ3v) is 5.95. The number of carbonyl (C=O) groups is 2. The molecule has 12 heteroatoms. The number of nitrogens with zero attached hydrogens (tertiary/aromatic N) is 2. The summed E-state index contributed by atoms with van der Waals surface area (Å²) in [5.74, 6) is -1.21. The minimum atomic E-state index is -3.90. The van der Waals surface area contributed by atoms with Gasteiger partial charge in [-0.15, -0.1) is 0 Å². The molecule has 1 aliphatic heterocycles. The summed E-state index contributed by atoms with van der Waals surface area (Å²) in [6.45, 7) is 0.377. The molecule has 0 radical (unpaired) electrons. The van der Waals surface area contributed by atoms with Crippen molar-refractivity contribution in [2.75, 3.05) is 45.3 Å². The van der Waals surface area contributed by atoms with Crippen LogP contribution in [0, 0.1) is 0 Å². The highest BCUT2D eigenvalue weighted by atomic mass is 32.2. The molecule has 1 aromatic heterocycles. The number of anilines is 1. The summed E-state index contributed by atoms with van der Waals surface area (Å²) in [5.41, 5.74) is -0.0353. The second-order valence-corrected chi connectivity index (χ2v) is 7.80. The van der Waals surface area contributed by atoms with Crippen LogP contribution < -0.4 is 10.1 Å². The Balaban J connectivity index is 1.73. The molecule has 1 saturated heterocycles. The van der Waals surface area contributed by atoms with Crippen LogP contribution in [-0.4, -0.2) is 69.8 Å². The van der Waals surface area contributed by atoms with Gasteiger partial charge < -0.3 is 24.1 Å². The molecule has 0 atom stereocenters. The fourth-order valence-electron chi connectivity index (χ4n) is 2.60. The van der Waals surface area contributed by atoms with Crippen LogP contribution in [0.15, 0.2) is 39.9 Å². The van der Waals surface area contributed by atoms with Gasteiger partial charge in [-0.1, -0.05) is 5.16 Å². The molecule has 0 unspecified atom stereocenters. The molecule has 0 saturated carbocycles. The van der Waals surface area contributed by atoms with Gasteiger partial charge in [0.25, 0.3) is 5.91 Å². The number of sulfonamides is 1. The van der Waals surface area contributed by atoms with Crippen LogP contribution in [0.1, 0.15) is 10.4 Å². The van der Waals surface area contributed by atoms with E-state index in [4.69, 9.17) is 14.2 Å². The number of hydrogen-bond donors (Lipinski definition) is 1. The van der Waals surface area contributed by atoms with E-state index in [0.29, 0.717) is 0 Å². The highest BCUT2D eigenvalue weighted by Crippen LogP contribution is 2.28. The van der Waals surface area contributed by atoms with Crippen molar-refractivity contribution in [3.8, 4) is 5.75 Å². The summed E-state index contributed by atoms with van der Waals surface area (Å²) in [7, 11) is -2.57. The number of aromatic nitrogens is 1. The van der Waals surface area contributed by atoms with Crippen LogP contribution in [0.4, 0.5) is 5.82 Å². The van der Waals surface area contributed by atoms with Gasteiger partial charge >= 0.3 is 5.97 Å². The molecule has 156 valence electrons. The van der Waals surface area contributed by atoms with E-state index in [9.17, 15) is 18.0 Å². The Bertz CT molecular complexity index is 969. The fourth-order valence-corrected chi connectivity index (χ4v) is 4.19. The van der Waals surface area contributed by atoms with Gasteiger partial charge in [0, 0.05) is 19.2 Å². The molecule has 29 heavy (non-hydrogen) atoms. The van der Waals surface area contributed by atoms with Crippen LogP contribution in [0.5, 0.6) is 5.75 Å². The average molecular weight is 425 g/mol. The summed E-state index contributed by atoms with van der Waals surface area (Å²) in [6.07, 6.45) is 1.27. The monoisotopic (exact) mass is 425 g/mol. The summed E-state index contributed by atoms with van der Waals surface area (Å²) >= 11 is 0. The van der Waals surface area contributed by atoms with Gasteiger partial charge in [-0.2, -0.15) is 4.31 Å². The lowest BCUT2D eigenvalue weighted by Crippen LogP contribution is -2.40. The van der Waals surface area contributed by atoms with E-state index in [1.165, 1.54) is 41.9 Å². The van der Waals surface area contributed by atoms with Crippen molar-refractivity contribution in [2.24, 2.45) is 0 Å². The second kappa shape index (κ2) is 9.03. The molecule has 1 amide bonds. The van der Waals surface area contributed by atoms with E-state index >= 15 is 0 Å². The van der Waals surface area contributed by atoms with Crippen molar-refractivity contribution in [1.29, 1.82) is 0 Å². The minimum absolute atomic E-state index is 0.0353.